The highest BCUT2D eigenvalue weighted by Gasteiger charge is 2.24. The second-order valence-corrected chi connectivity index (χ2v) is 8.42. The zero-order chi connectivity index (χ0) is 18.6. The Morgan fingerprint density at radius 1 is 0.400 bits per heavy atom. The minimum absolute atomic E-state index is 0.357. The lowest BCUT2D eigenvalue weighted by atomic mass is 9.86. The first-order valence-electron chi connectivity index (χ1n) is 11.9. The van der Waals surface area contributed by atoms with Crippen LogP contribution >= 0.6 is 0 Å². The fourth-order valence-corrected chi connectivity index (χ4v) is 3.86. The van der Waals surface area contributed by atoms with Crippen LogP contribution in [0.5, 0.6) is 0 Å². The molecule has 0 heterocycles. The molecule has 0 unspecified atom stereocenters. The van der Waals surface area contributed by atoms with E-state index < -0.39 is 0 Å². The molecule has 0 fully saturated rings. The first-order chi connectivity index (χ1) is 12.2. The molecule has 0 spiro atoms. The first-order valence-corrected chi connectivity index (χ1v) is 11.9. The summed E-state index contributed by atoms with van der Waals surface area (Å²) in [5.74, 6) is 0. The van der Waals surface area contributed by atoms with Gasteiger partial charge in [-0.2, -0.15) is 0 Å². The van der Waals surface area contributed by atoms with Gasteiger partial charge in [-0.05, 0) is 19.3 Å². The molecular formula is C24H50O. The molecule has 25 heavy (non-hydrogen) atoms. The smallest absolute Gasteiger partial charge is 0.0647 e. The molecule has 1 heteroatoms. The standard InChI is InChI=1S/C24H50O/c1-4-7-10-11-12-13-14-15-16-17-18-19-20-23-24(25,21-8-5-2)22-9-6-3/h25H,4-23H2,1-3H3. The van der Waals surface area contributed by atoms with E-state index in [1.54, 1.807) is 0 Å². The molecule has 0 bridgehead atoms. The molecule has 0 radical (unpaired) electrons. The van der Waals surface area contributed by atoms with E-state index >= 15 is 0 Å². The zero-order valence-electron chi connectivity index (χ0n) is 18.1. The predicted octanol–water partition coefficient (Wildman–Crippen LogP) is 8.58. The van der Waals surface area contributed by atoms with Crippen molar-refractivity contribution in [1.29, 1.82) is 0 Å². The molecule has 0 saturated heterocycles. The van der Waals surface area contributed by atoms with Gasteiger partial charge in [0.15, 0.2) is 0 Å². The van der Waals surface area contributed by atoms with Crippen LogP contribution < -0.4 is 0 Å². The molecule has 0 atom stereocenters. The van der Waals surface area contributed by atoms with E-state index in [0.29, 0.717) is 0 Å². The highest BCUT2D eigenvalue weighted by Crippen LogP contribution is 2.27. The van der Waals surface area contributed by atoms with E-state index in [2.05, 4.69) is 20.8 Å². The summed E-state index contributed by atoms with van der Waals surface area (Å²) < 4.78 is 0. The van der Waals surface area contributed by atoms with Crippen LogP contribution in [0, 0.1) is 0 Å². The van der Waals surface area contributed by atoms with Crippen molar-refractivity contribution in [2.24, 2.45) is 0 Å². The topological polar surface area (TPSA) is 20.2 Å². The Hall–Kier alpha value is -0.0400. The van der Waals surface area contributed by atoms with Gasteiger partial charge < -0.3 is 5.11 Å². The highest BCUT2D eigenvalue weighted by atomic mass is 16.3. The number of hydrogen-bond acceptors (Lipinski definition) is 1. The normalized spacial score (nSPS) is 12.0. The van der Waals surface area contributed by atoms with Crippen LogP contribution in [-0.2, 0) is 0 Å². The summed E-state index contributed by atoms with van der Waals surface area (Å²) in [6, 6.07) is 0. The van der Waals surface area contributed by atoms with Gasteiger partial charge in [0.1, 0.15) is 0 Å². The van der Waals surface area contributed by atoms with Crippen molar-refractivity contribution in [1.82, 2.24) is 0 Å². The molecule has 0 aromatic carbocycles. The molecule has 0 amide bonds. The maximum Gasteiger partial charge on any atom is 0.0647 e. The van der Waals surface area contributed by atoms with Crippen molar-refractivity contribution in [2.45, 2.75) is 155 Å². The molecule has 0 aliphatic rings. The number of aliphatic hydroxyl groups is 1. The van der Waals surface area contributed by atoms with Gasteiger partial charge >= 0.3 is 0 Å². The minimum atomic E-state index is -0.357. The van der Waals surface area contributed by atoms with Crippen molar-refractivity contribution in [3.63, 3.8) is 0 Å². The molecular weight excluding hydrogens is 304 g/mol. The Balaban J connectivity index is 3.47. The Bertz CT molecular complexity index is 240. The van der Waals surface area contributed by atoms with E-state index in [-0.39, 0.29) is 5.60 Å². The van der Waals surface area contributed by atoms with Gasteiger partial charge in [0, 0.05) is 0 Å². The molecule has 0 aromatic heterocycles. The lowest BCUT2D eigenvalue weighted by molar-refractivity contribution is 0.00788. The van der Waals surface area contributed by atoms with Crippen molar-refractivity contribution in [2.75, 3.05) is 0 Å². The van der Waals surface area contributed by atoms with Crippen LogP contribution in [-0.4, -0.2) is 10.7 Å². The van der Waals surface area contributed by atoms with E-state index in [4.69, 9.17) is 0 Å². The number of rotatable bonds is 20. The monoisotopic (exact) mass is 354 g/mol. The van der Waals surface area contributed by atoms with Crippen LogP contribution in [0.3, 0.4) is 0 Å². The van der Waals surface area contributed by atoms with E-state index in [1.165, 1.54) is 109 Å². The Morgan fingerprint density at radius 2 is 0.680 bits per heavy atom. The zero-order valence-corrected chi connectivity index (χ0v) is 18.1. The van der Waals surface area contributed by atoms with E-state index in [9.17, 15) is 5.11 Å². The summed E-state index contributed by atoms with van der Waals surface area (Å²) >= 11 is 0. The van der Waals surface area contributed by atoms with Crippen molar-refractivity contribution < 1.29 is 5.11 Å². The summed E-state index contributed by atoms with van der Waals surface area (Å²) in [6.07, 6.45) is 26.0. The predicted molar refractivity (Wildman–Crippen MR) is 114 cm³/mol. The van der Waals surface area contributed by atoms with Gasteiger partial charge in [0.2, 0.25) is 0 Å². The molecule has 0 rings (SSSR count). The Labute approximate surface area is 160 Å². The highest BCUT2D eigenvalue weighted by molar-refractivity contribution is 4.78. The minimum Gasteiger partial charge on any atom is -0.390 e. The fraction of sp³-hybridized carbons (Fsp3) is 1.00. The molecule has 0 aliphatic heterocycles. The van der Waals surface area contributed by atoms with Crippen LogP contribution in [0.15, 0.2) is 0 Å². The quantitative estimate of drug-likeness (QED) is 0.217. The lowest BCUT2D eigenvalue weighted by Gasteiger charge is -2.28. The second kappa shape index (κ2) is 18.7. The van der Waals surface area contributed by atoms with E-state index in [0.717, 1.165) is 19.3 Å². The maximum absolute atomic E-state index is 10.9. The molecule has 1 nitrogen and oxygen atoms in total. The number of unbranched alkanes of at least 4 members (excludes halogenated alkanes) is 14. The lowest BCUT2D eigenvalue weighted by Crippen LogP contribution is -2.28. The van der Waals surface area contributed by atoms with Gasteiger partial charge in [0.05, 0.1) is 5.60 Å². The summed E-state index contributed by atoms with van der Waals surface area (Å²) in [4.78, 5) is 0. The average molecular weight is 355 g/mol. The molecule has 152 valence electrons. The molecule has 0 aliphatic carbocycles. The van der Waals surface area contributed by atoms with Gasteiger partial charge in [0.25, 0.3) is 0 Å². The van der Waals surface area contributed by atoms with Gasteiger partial charge in [-0.25, -0.2) is 0 Å². The third-order valence-corrected chi connectivity index (χ3v) is 5.74. The fourth-order valence-electron chi connectivity index (χ4n) is 3.86. The summed E-state index contributed by atoms with van der Waals surface area (Å²) in [5, 5.41) is 10.9. The maximum atomic E-state index is 10.9. The van der Waals surface area contributed by atoms with Crippen molar-refractivity contribution >= 4 is 0 Å². The van der Waals surface area contributed by atoms with Crippen LogP contribution in [0.2, 0.25) is 0 Å². The second-order valence-electron chi connectivity index (χ2n) is 8.42. The van der Waals surface area contributed by atoms with Crippen molar-refractivity contribution in [3.8, 4) is 0 Å². The van der Waals surface area contributed by atoms with Crippen molar-refractivity contribution in [3.05, 3.63) is 0 Å². The first kappa shape index (κ1) is 25.0. The van der Waals surface area contributed by atoms with Crippen LogP contribution in [0.25, 0.3) is 0 Å². The Kier molecular flexibility index (Phi) is 18.7. The number of hydrogen-bond donors (Lipinski definition) is 1. The summed E-state index contributed by atoms with van der Waals surface area (Å²) in [6.45, 7) is 6.74. The van der Waals surface area contributed by atoms with Gasteiger partial charge in [-0.3, -0.25) is 0 Å². The van der Waals surface area contributed by atoms with Gasteiger partial charge in [-0.1, -0.05) is 130 Å². The Morgan fingerprint density at radius 3 is 1.04 bits per heavy atom. The average Bonchev–Trinajstić information content (AvgIpc) is 2.62. The molecule has 0 saturated carbocycles. The summed E-state index contributed by atoms with van der Waals surface area (Å²) in [5.41, 5.74) is -0.357. The largest absolute Gasteiger partial charge is 0.390 e. The van der Waals surface area contributed by atoms with Crippen LogP contribution in [0.4, 0.5) is 0 Å². The third-order valence-electron chi connectivity index (χ3n) is 5.74. The van der Waals surface area contributed by atoms with Gasteiger partial charge in [-0.15, -0.1) is 0 Å². The van der Waals surface area contributed by atoms with E-state index in [1.807, 2.05) is 0 Å². The summed E-state index contributed by atoms with van der Waals surface area (Å²) in [7, 11) is 0. The third kappa shape index (κ3) is 17.1. The SMILES string of the molecule is CCCCCCCCCCCCCCCC(O)(CCCC)CCCC. The van der Waals surface area contributed by atoms with Crippen LogP contribution in [0.1, 0.15) is 149 Å². The molecule has 1 N–H and O–H groups in total. The molecule has 0 aromatic rings.